The van der Waals surface area contributed by atoms with Gasteiger partial charge in [0.05, 0.1) is 13.2 Å². The molecule has 0 amide bonds. The highest BCUT2D eigenvalue weighted by molar-refractivity contribution is 7.64. The number of rotatable bonds is 2. The average molecular weight is 223 g/mol. The van der Waals surface area contributed by atoms with Crippen LogP contribution in [0.4, 0.5) is 5.69 Å². The Hall–Kier alpha value is -0.590. The Bertz CT molecular complexity index is 321. The lowest BCUT2D eigenvalue weighted by Gasteiger charge is -2.31. The van der Waals surface area contributed by atoms with E-state index in [-0.39, 0.29) is 7.92 Å². The van der Waals surface area contributed by atoms with E-state index in [1.165, 1.54) is 11.0 Å². The van der Waals surface area contributed by atoms with E-state index in [1.807, 2.05) is 0 Å². The Morgan fingerprint density at radius 2 is 1.80 bits per heavy atom. The van der Waals surface area contributed by atoms with Crippen LogP contribution < -0.4 is 10.2 Å². The molecule has 1 aliphatic heterocycles. The smallest absolute Gasteiger partial charge is 0.0642 e. The largest absolute Gasteiger partial charge is 0.378 e. The minimum absolute atomic E-state index is 0.0237. The lowest BCUT2D eigenvalue weighted by atomic mass is 10.2. The van der Waals surface area contributed by atoms with Gasteiger partial charge < -0.3 is 9.64 Å². The third kappa shape index (κ3) is 2.50. The Morgan fingerprint density at radius 1 is 1.13 bits per heavy atom. The number of hydrogen-bond donors (Lipinski definition) is 0. The highest BCUT2D eigenvalue weighted by Crippen LogP contribution is 2.29. The lowest BCUT2D eigenvalue weighted by Crippen LogP contribution is -2.38. The van der Waals surface area contributed by atoms with Gasteiger partial charge in [0.2, 0.25) is 0 Å². The molecule has 1 saturated heterocycles. The molecule has 82 valence electrons. The molecule has 2 rings (SSSR count). The maximum absolute atomic E-state index is 5.39. The summed E-state index contributed by atoms with van der Waals surface area (Å²) >= 11 is 0. The summed E-state index contributed by atoms with van der Waals surface area (Å²) in [5.41, 5.74) is 1.41. The zero-order valence-corrected chi connectivity index (χ0v) is 10.3. The monoisotopic (exact) mass is 223 g/mol. The molecule has 0 aliphatic carbocycles. The summed E-state index contributed by atoms with van der Waals surface area (Å²) in [6.45, 7) is 8.41. The van der Waals surface area contributed by atoms with E-state index in [0.717, 1.165) is 26.3 Å². The maximum Gasteiger partial charge on any atom is 0.0642 e. The van der Waals surface area contributed by atoms with Crippen LogP contribution in [0, 0.1) is 0 Å². The summed E-state index contributed by atoms with van der Waals surface area (Å²) in [7, 11) is -0.0237. The van der Waals surface area contributed by atoms with E-state index < -0.39 is 0 Å². The van der Waals surface area contributed by atoms with Gasteiger partial charge in [0.1, 0.15) is 0 Å². The standard InChI is InChI=1S/C12H18NOP/c1-15(2)12-6-4-3-5-11(12)13-7-9-14-10-8-13/h3-6H,7-10H2,1-2H3. The summed E-state index contributed by atoms with van der Waals surface area (Å²) in [5.74, 6) is 0. The molecule has 0 aromatic heterocycles. The van der Waals surface area contributed by atoms with Gasteiger partial charge in [-0.15, -0.1) is 0 Å². The molecule has 1 fully saturated rings. The van der Waals surface area contributed by atoms with Crippen molar-refractivity contribution in [2.75, 3.05) is 44.5 Å². The number of ether oxygens (including phenoxy) is 1. The number of benzene rings is 1. The Kier molecular flexibility index (Phi) is 3.61. The van der Waals surface area contributed by atoms with Crippen molar-refractivity contribution in [1.82, 2.24) is 0 Å². The normalized spacial score (nSPS) is 17.1. The second kappa shape index (κ2) is 4.96. The first-order valence-corrected chi connectivity index (χ1v) is 7.61. The molecule has 0 saturated carbocycles. The van der Waals surface area contributed by atoms with Crippen LogP contribution in [-0.2, 0) is 4.74 Å². The van der Waals surface area contributed by atoms with Crippen molar-refractivity contribution in [3.05, 3.63) is 24.3 Å². The topological polar surface area (TPSA) is 12.5 Å². The molecule has 0 atom stereocenters. The first-order chi connectivity index (χ1) is 7.29. The van der Waals surface area contributed by atoms with E-state index in [2.05, 4.69) is 42.5 Å². The molecule has 0 bridgehead atoms. The van der Waals surface area contributed by atoms with E-state index >= 15 is 0 Å². The van der Waals surface area contributed by atoms with E-state index in [0.29, 0.717) is 0 Å². The number of anilines is 1. The SMILES string of the molecule is CP(C)c1ccccc1N1CCOCC1. The molecule has 1 aromatic rings. The molecule has 0 N–H and O–H groups in total. The second-order valence-corrected chi connectivity index (χ2v) is 6.25. The molecular formula is C12H18NOP. The second-order valence-electron chi connectivity index (χ2n) is 3.98. The third-order valence-corrected chi connectivity index (χ3v) is 4.06. The van der Waals surface area contributed by atoms with Crippen LogP contribution in [0.5, 0.6) is 0 Å². The van der Waals surface area contributed by atoms with Crippen LogP contribution in [0.1, 0.15) is 0 Å². The van der Waals surface area contributed by atoms with Crippen molar-refractivity contribution in [2.24, 2.45) is 0 Å². The number of para-hydroxylation sites is 1. The van der Waals surface area contributed by atoms with Crippen LogP contribution in [-0.4, -0.2) is 39.6 Å². The van der Waals surface area contributed by atoms with E-state index in [4.69, 9.17) is 4.74 Å². The fraction of sp³-hybridized carbons (Fsp3) is 0.500. The van der Waals surface area contributed by atoms with Gasteiger partial charge in [-0.05, 0) is 24.7 Å². The van der Waals surface area contributed by atoms with Crippen molar-refractivity contribution in [3.63, 3.8) is 0 Å². The van der Waals surface area contributed by atoms with Crippen molar-refractivity contribution in [1.29, 1.82) is 0 Å². The molecule has 0 unspecified atom stereocenters. The fourth-order valence-corrected chi connectivity index (χ4v) is 2.97. The Balaban J connectivity index is 2.25. The first-order valence-electron chi connectivity index (χ1n) is 5.38. The molecule has 0 spiro atoms. The van der Waals surface area contributed by atoms with Crippen molar-refractivity contribution in [2.45, 2.75) is 0 Å². The summed E-state index contributed by atoms with van der Waals surface area (Å²) in [4.78, 5) is 2.45. The van der Waals surface area contributed by atoms with Gasteiger partial charge in [-0.2, -0.15) is 0 Å². The average Bonchev–Trinajstić information content (AvgIpc) is 2.30. The molecule has 1 aliphatic rings. The minimum atomic E-state index is -0.0237. The Morgan fingerprint density at radius 3 is 2.47 bits per heavy atom. The number of morpholine rings is 1. The zero-order valence-electron chi connectivity index (χ0n) is 9.44. The highest BCUT2D eigenvalue weighted by atomic mass is 31.1. The van der Waals surface area contributed by atoms with Gasteiger partial charge in [-0.3, -0.25) is 0 Å². The summed E-state index contributed by atoms with van der Waals surface area (Å²) in [6.07, 6.45) is 0. The minimum Gasteiger partial charge on any atom is -0.378 e. The van der Waals surface area contributed by atoms with Gasteiger partial charge >= 0.3 is 0 Å². The zero-order chi connectivity index (χ0) is 10.7. The van der Waals surface area contributed by atoms with Crippen LogP contribution in [0.2, 0.25) is 0 Å². The predicted octanol–water partition coefficient (Wildman–Crippen LogP) is 1.89. The Labute approximate surface area is 93.0 Å². The molecular weight excluding hydrogens is 205 g/mol. The molecule has 3 heteroatoms. The fourth-order valence-electron chi connectivity index (χ4n) is 1.91. The van der Waals surface area contributed by atoms with Crippen molar-refractivity contribution >= 4 is 18.9 Å². The lowest BCUT2D eigenvalue weighted by molar-refractivity contribution is 0.123. The third-order valence-electron chi connectivity index (χ3n) is 2.72. The van der Waals surface area contributed by atoms with Crippen LogP contribution >= 0.6 is 7.92 Å². The van der Waals surface area contributed by atoms with Gasteiger partial charge in [-0.1, -0.05) is 26.1 Å². The van der Waals surface area contributed by atoms with E-state index in [1.54, 1.807) is 0 Å². The van der Waals surface area contributed by atoms with Gasteiger partial charge in [0.25, 0.3) is 0 Å². The van der Waals surface area contributed by atoms with Crippen molar-refractivity contribution in [3.8, 4) is 0 Å². The van der Waals surface area contributed by atoms with Crippen LogP contribution in [0.15, 0.2) is 24.3 Å². The molecule has 2 nitrogen and oxygen atoms in total. The van der Waals surface area contributed by atoms with Gasteiger partial charge in [0, 0.05) is 18.8 Å². The molecule has 1 heterocycles. The molecule has 15 heavy (non-hydrogen) atoms. The van der Waals surface area contributed by atoms with Crippen molar-refractivity contribution < 1.29 is 4.74 Å². The summed E-state index contributed by atoms with van der Waals surface area (Å²) in [6, 6.07) is 8.77. The van der Waals surface area contributed by atoms with Crippen LogP contribution in [0.25, 0.3) is 0 Å². The predicted molar refractivity (Wildman–Crippen MR) is 67.9 cm³/mol. The molecule has 1 aromatic carbocycles. The summed E-state index contributed by atoms with van der Waals surface area (Å²) in [5, 5.41) is 1.51. The number of hydrogen-bond acceptors (Lipinski definition) is 2. The van der Waals surface area contributed by atoms with Gasteiger partial charge in [0.15, 0.2) is 0 Å². The maximum atomic E-state index is 5.39. The van der Waals surface area contributed by atoms with E-state index in [9.17, 15) is 0 Å². The first kappa shape index (κ1) is 10.9. The van der Waals surface area contributed by atoms with Gasteiger partial charge in [-0.25, -0.2) is 0 Å². The number of nitrogens with zero attached hydrogens (tertiary/aromatic N) is 1. The quantitative estimate of drug-likeness (QED) is 0.710. The van der Waals surface area contributed by atoms with Crippen LogP contribution in [0.3, 0.4) is 0 Å². The highest BCUT2D eigenvalue weighted by Gasteiger charge is 2.15. The molecule has 0 radical (unpaired) electrons. The summed E-state index contributed by atoms with van der Waals surface area (Å²) < 4.78 is 5.39.